The molecule has 21 heavy (non-hydrogen) atoms. The van der Waals surface area contributed by atoms with Crippen molar-refractivity contribution in [2.24, 2.45) is 0 Å². The minimum atomic E-state index is -0.914. The normalized spacial score (nSPS) is 13.2. The highest BCUT2D eigenvalue weighted by atomic mass is 16.4. The van der Waals surface area contributed by atoms with Crippen LogP contribution in [0.5, 0.6) is 0 Å². The maximum atomic E-state index is 10.2. The average molecular weight is 296 g/mol. The number of aliphatic hydroxyl groups excluding tert-OH is 1. The lowest BCUT2D eigenvalue weighted by atomic mass is 10.0. The monoisotopic (exact) mass is 296 g/mol. The molecular weight excluding hydrogens is 264 g/mol. The van der Waals surface area contributed by atoms with Crippen molar-refractivity contribution < 1.29 is 15.0 Å². The molecule has 0 aromatic rings. The predicted octanol–water partition coefficient (Wildman–Crippen LogP) is 4.86. The van der Waals surface area contributed by atoms with E-state index in [4.69, 9.17) is 5.11 Å². The summed E-state index contributed by atoms with van der Waals surface area (Å²) >= 11 is 0. The van der Waals surface area contributed by atoms with Crippen molar-refractivity contribution in [2.45, 2.75) is 83.7 Å². The molecule has 0 bridgehead atoms. The Morgan fingerprint density at radius 3 is 2.19 bits per heavy atom. The fraction of sp³-hybridized carbons (Fsp3) is 0.722. The van der Waals surface area contributed by atoms with Crippen LogP contribution in [0, 0.1) is 0 Å². The van der Waals surface area contributed by atoms with E-state index in [1.54, 1.807) is 12.2 Å². The second-order valence-electron chi connectivity index (χ2n) is 5.62. The van der Waals surface area contributed by atoms with Gasteiger partial charge >= 0.3 is 5.97 Å². The Bertz CT molecular complexity index is 295. The van der Waals surface area contributed by atoms with Gasteiger partial charge in [0.25, 0.3) is 0 Å². The van der Waals surface area contributed by atoms with Crippen LogP contribution >= 0.6 is 0 Å². The van der Waals surface area contributed by atoms with E-state index in [0.717, 1.165) is 51.0 Å². The first kappa shape index (κ1) is 19.9. The molecule has 0 fully saturated rings. The molecule has 2 N–H and O–H groups in total. The van der Waals surface area contributed by atoms with Crippen LogP contribution in [-0.4, -0.2) is 22.3 Å². The van der Waals surface area contributed by atoms with Gasteiger partial charge in [-0.25, -0.2) is 4.79 Å². The number of hydrogen-bond donors (Lipinski definition) is 2. The van der Waals surface area contributed by atoms with Crippen LogP contribution in [-0.2, 0) is 4.79 Å². The summed E-state index contributed by atoms with van der Waals surface area (Å²) in [6.07, 6.45) is 18.7. The van der Waals surface area contributed by atoms with Crippen molar-refractivity contribution in [1.82, 2.24) is 0 Å². The SMILES string of the molecule is CCCCCCCC(O)CCCCC/C=C/C=C/C(=O)O. The summed E-state index contributed by atoms with van der Waals surface area (Å²) in [6.45, 7) is 2.21. The van der Waals surface area contributed by atoms with Gasteiger partial charge in [-0.3, -0.25) is 0 Å². The van der Waals surface area contributed by atoms with Crippen LogP contribution in [0.2, 0.25) is 0 Å². The van der Waals surface area contributed by atoms with Gasteiger partial charge in [-0.15, -0.1) is 0 Å². The lowest BCUT2D eigenvalue weighted by molar-refractivity contribution is -0.131. The zero-order valence-electron chi connectivity index (χ0n) is 13.5. The molecule has 0 rings (SSSR count). The van der Waals surface area contributed by atoms with E-state index in [-0.39, 0.29) is 6.10 Å². The fourth-order valence-corrected chi connectivity index (χ4v) is 2.26. The molecule has 0 amide bonds. The minimum Gasteiger partial charge on any atom is -0.478 e. The number of hydrogen-bond acceptors (Lipinski definition) is 2. The molecule has 0 aliphatic rings. The molecule has 1 atom stereocenters. The third-order valence-electron chi connectivity index (χ3n) is 3.54. The van der Waals surface area contributed by atoms with Gasteiger partial charge in [-0.1, -0.05) is 70.1 Å². The summed E-state index contributed by atoms with van der Waals surface area (Å²) in [7, 11) is 0. The zero-order chi connectivity index (χ0) is 15.8. The van der Waals surface area contributed by atoms with E-state index in [9.17, 15) is 9.90 Å². The molecule has 3 nitrogen and oxygen atoms in total. The molecule has 0 spiro atoms. The van der Waals surface area contributed by atoms with Gasteiger partial charge in [0.05, 0.1) is 6.10 Å². The zero-order valence-corrected chi connectivity index (χ0v) is 13.5. The van der Waals surface area contributed by atoms with Gasteiger partial charge < -0.3 is 10.2 Å². The van der Waals surface area contributed by atoms with Gasteiger partial charge in [0, 0.05) is 6.08 Å². The van der Waals surface area contributed by atoms with Crippen LogP contribution in [0.15, 0.2) is 24.3 Å². The molecule has 1 unspecified atom stereocenters. The second kappa shape index (κ2) is 15.3. The van der Waals surface area contributed by atoms with Gasteiger partial charge in [0.15, 0.2) is 0 Å². The Labute approximate surface area is 129 Å². The van der Waals surface area contributed by atoms with E-state index in [0.29, 0.717) is 0 Å². The Hall–Kier alpha value is -1.09. The molecule has 0 aromatic heterocycles. The smallest absolute Gasteiger partial charge is 0.328 e. The van der Waals surface area contributed by atoms with E-state index >= 15 is 0 Å². The van der Waals surface area contributed by atoms with Crippen LogP contribution in [0.4, 0.5) is 0 Å². The molecular formula is C18H32O3. The average Bonchev–Trinajstić information content (AvgIpc) is 2.45. The topological polar surface area (TPSA) is 57.5 Å². The van der Waals surface area contributed by atoms with Crippen LogP contribution in [0.25, 0.3) is 0 Å². The maximum absolute atomic E-state index is 10.2. The van der Waals surface area contributed by atoms with Crippen LogP contribution in [0.1, 0.15) is 77.6 Å². The molecule has 0 radical (unpaired) electrons. The predicted molar refractivity (Wildman–Crippen MR) is 88.4 cm³/mol. The van der Waals surface area contributed by atoms with Crippen LogP contribution < -0.4 is 0 Å². The van der Waals surface area contributed by atoms with Gasteiger partial charge in [-0.05, 0) is 25.7 Å². The number of rotatable bonds is 14. The van der Waals surface area contributed by atoms with Crippen molar-refractivity contribution >= 4 is 5.97 Å². The third kappa shape index (κ3) is 16.9. The Morgan fingerprint density at radius 2 is 1.57 bits per heavy atom. The summed E-state index contributed by atoms with van der Waals surface area (Å²) in [4.78, 5) is 10.2. The molecule has 0 heterocycles. The first-order valence-corrected chi connectivity index (χ1v) is 8.41. The maximum Gasteiger partial charge on any atom is 0.328 e. The lowest BCUT2D eigenvalue weighted by Crippen LogP contribution is -2.05. The number of carboxylic acid groups (broad SMARTS) is 1. The number of aliphatic hydroxyl groups is 1. The molecule has 0 aliphatic heterocycles. The van der Waals surface area contributed by atoms with Crippen molar-refractivity contribution in [3.8, 4) is 0 Å². The molecule has 122 valence electrons. The van der Waals surface area contributed by atoms with Crippen molar-refractivity contribution in [3.63, 3.8) is 0 Å². The lowest BCUT2D eigenvalue weighted by Gasteiger charge is -2.09. The van der Waals surface area contributed by atoms with Gasteiger partial charge in [0.1, 0.15) is 0 Å². The first-order chi connectivity index (χ1) is 10.2. The number of allylic oxidation sites excluding steroid dienone is 3. The Morgan fingerprint density at radius 1 is 0.952 bits per heavy atom. The summed E-state index contributed by atoms with van der Waals surface area (Å²) in [5.41, 5.74) is 0. The molecule has 0 saturated carbocycles. The number of unbranched alkanes of at least 4 members (excludes halogenated alkanes) is 7. The summed E-state index contributed by atoms with van der Waals surface area (Å²) < 4.78 is 0. The van der Waals surface area contributed by atoms with Gasteiger partial charge in [0.2, 0.25) is 0 Å². The first-order valence-electron chi connectivity index (χ1n) is 8.41. The quantitative estimate of drug-likeness (QED) is 0.273. The standard InChI is InChI=1S/C18H32O3/c1-2-3-4-8-11-14-17(19)15-12-9-6-5-7-10-13-16-18(20)21/h7,10,13,16-17,19H,2-6,8-9,11-12,14-15H2,1H3,(H,20,21)/b10-7+,16-13+. The number of carbonyl (C=O) groups is 1. The van der Waals surface area contributed by atoms with E-state index < -0.39 is 5.97 Å². The van der Waals surface area contributed by atoms with E-state index in [1.807, 2.05) is 6.08 Å². The van der Waals surface area contributed by atoms with E-state index in [1.165, 1.54) is 25.7 Å². The van der Waals surface area contributed by atoms with Crippen molar-refractivity contribution in [3.05, 3.63) is 24.3 Å². The highest BCUT2D eigenvalue weighted by Gasteiger charge is 2.03. The molecule has 0 saturated heterocycles. The van der Waals surface area contributed by atoms with Crippen LogP contribution in [0.3, 0.4) is 0 Å². The number of carboxylic acids is 1. The number of aliphatic carboxylic acids is 1. The largest absolute Gasteiger partial charge is 0.478 e. The Balaban J connectivity index is 3.32. The fourth-order valence-electron chi connectivity index (χ4n) is 2.26. The van der Waals surface area contributed by atoms with E-state index in [2.05, 4.69) is 6.92 Å². The molecule has 0 aromatic carbocycles. The summed E-state index contributed by atoms with van der Waals surface area (Å²) in [5.74, 6) is -0.914. The third-order valence-corrected chi connectivity index (χ3v) is 3.54. The van der Waals surface area contributed by atoms with Gasteiger partial charge in [-0.2, -0.15) is 0 Å². The highest BCUT2D eigenvalue weighted by Crippen LogP contribution is 2.12. The second-order valence-corrected chi connectivity index (χ2v) is 5.62. The molecule has 0 aliphatic carbocycles. The Kier molecular flexibility index (Phi) is 14.5. The highest BCUT2D eigenvalue weighted by molar-refractivity contribution is 5.80. The summed E-state index contributed by atoms with van der Waals surface area (Å²) in [6, 6.07) is 0. The van der Waals surface area contributed by atoms with Crippen molar-refractivity contribution in [2.75, 3.05) is 0 Å². The molecule has 3 heteroatoms. The summed E-state index contributed by atoms with van der Waals surface area (Å²) in [5, 5.41) is 18.2. The van der Waals surface area contributed by atoms with Crippen molar-refractivity contribution in [1.29, 1.82) is 0 Å². The minimum absolute atomic E-state index is 0.124.